The average Bonchev–Trinajstić information content (AvgIpc) is 2.49. The summed E-state index contributed by atoms with van der Waals surface area (Å²) >= 11 is 5.95. The van der Waals surface area contributed by atoms with E-state index in [-0.39, 0.29) is 6.10 Å². The average molecular weight is 332 g/mol. The lowest BCUT2D eigenvalue weighted by Gasteiger charge is -2.11. The standard InChI is InChI=1S/C18H22ClN3O/c1-13(2)23-17-8-6-16(7-9-17)22-18(20)21-11-10-14-4-3-5-15(19)12-14/h3-9,12-13H,10-11H2,1-2H3,(H3,20,21,22). The van der Waals surface area contributed by atoms with Crippen LogP contribution in [0, 0.1) is 0 Å². The van der Waals surface area contributed by atoms with Crippen molar-refractivity contribution in [2.24, 2.45) is 10.7 Å². The lowest BCUT2D eigenvalue weighted by Crippen LogP contribution is -2.23. The molecule has 0 spiro atoms. The highest BCUT2D eigenvalue weighted by Gasteiger charge is 1.99. The largest absolute Gasteiger partial charge is 0.491 e. The van der Waals surface area contributed by atoms with Crippen LogP contribution >= 0.6 is 11.6 Å². The Hall–Kier alpha value is -2.20. The third-order valence-electron chi connectivity index (χ3n) is 3.07. The van der Waals surface area contributed by atoms with Gasteiger partial charge in [-0.2, -0.15) is 0 Å². The zero-order valence-electron chi connectivity index (χ0n) is 13.4. The van der Waals surface area contributed by atoms with E-state index in [1.807, 2.05) is 62.4 Å². The van der Waals surface area contributed by atoms with E-state index < -0.39 is 0 Å². The minimum atomic E-state index is 0.159. The van der Waals surface area contributed by atoms with Crippen molar-refractivity contribution in [2.45, 2.75) is 26.4 Å². The smallest absolute Gasteiger partial charge is 0.193 e. The Morgan fingerprint density at radius 2 is 1.96 bits per heavy atom. The summed E-state index contributed by atoms with van der Waals surface area (Å²) in [6, 6.07) is 15.4. The van der Waals surface area contributed by atoms with Crippen molar-refractivity contribution >= 4 is 23.2 Å². The van der Waals surface area contributed by atoms with E-state index in [2.05, 4.69) is 10.3 Å². The highest BCUT2D eigenvalue weighted by molar-refractivity contribution is 6.30. The molecule has 0 saturated carbocycles. The summed E-state index contributed by atoms with van der Waals surface area (Å²) in [5.41, 5.74) is 7.92. The molecule has 122 valence electrons. The van der Waals surface area contributed by atoms with Crippen LogP contribution in [0.15, 0.2) is 53.5 Å². The number of hydrogen-bond donors (Lipinski definition) is 2. The number of aliphatic imine (C=N–C) groups is 1. The van der Waals surface area contributed by atoms with Crippen LogP contribution < -0.4 is 15.8 Å². The molecule has 4 nitrogen and oxygen atoms in total. The molecule has 0 aliphatic rings. The van der Waals surface area contributed by atoms with Crippen molar-refractivity contribution in [2.75, 3.05) is 11.9 Å². The monoisotopic (exact) mass is 331 g/mol. The molecular formula is C18H22ClN3O. The summed E-state index contributed by atoms with van der Waals surface area (Å²) in [7, 11) is 0. The maximum Gasteiger partial charge on any atom is 0.193 e. The molecule has 23 heavy (non-hydrogen) atoms. The number of anilines is 1. The van der Waals surface area contributed by atoms with Gasteiger partial charge < -0.3 is 15.8 Å². The molecule has 0 aliphatic carbocycles. The number of nitrogens with one attached hydrogen (secondary N) is 1. The molecule has 0 unspecified atom stereocenters. The Balaban J connectivity index is 1.84. The van der Waals surface area contributed by atoms with Crippen LogP contribution in [0.25, 0.3) is 0 Å². The van der Waals surface area contributed by atoms with Gasteiger partial charge in [-0.3, -0.25) is 4.99 Å². The maximum absolute atomic E-state index is 5.95. The van der Waals surface area contributed by atoms with Crippen LogP contribution in [0.2, 0.25) is 5.02 Å². The summed E-state index contributed by atoms with van der Waals surface area (Å²) in [4.78, 5) is 4.32. The lowest BCUT2D eigenvalue weighted by molar-refractivity contribution is 0.242. The number of guanidine groups is 1. The van der Waals surface area contributed by atoms with Crippen LogP contribution in [0.3, 0.4) is 0 Å². The molecule has 0 amide bonds. The van der Waals surface area contributed by atoms with Crippen molar-refractivity contribution in [3.8, 4) is 5.75 Å². The Morgan fingerprint density at radius 1 is 1.22 bits per heavy atom. The number of rotatable bonds is 6. The molecule has 5 heteroatoms. The minimum absolute atomic E-state index is 0.159. The highest BCUT2D eigenvalue weighted by atomic mass is 35.5. The summed E-state index contributed by atoms with van der Waals surface area (Å²) in [6.45, 7) is 4.60. The predicted molar refractivity (Wildman–Crippen MR) is 97.5 cm³/mol. The second kappa shape index (κ2) is 8.44. The van der Waals surface area contributed by atoms with Crippen LogP contribution in [-0.4, -0.2) is 18.6 Å². The Morgan fingerprint density at radius 3 is 2.61 bits per heavy atom. The van der Waals surface area contributed by atoms with Crippen molar-refractivity contribution in [1.82, 2.24) is 0 Å². The molecule has 3 N–H and O–H groups in total. The van der Waals surface area contributed by atoms with E-state index in [0.717, 1.165) is 28.4 Å². The van der Waals surface area contributed by atoms with Crippen molar-refractivity contribution in [3.05, 3.63) is 59.1 Å². The quantitative estimate of drug-likeness (QED) is 0.619. The SMILES string of the molecule is CC(C)Oc1ccc(NC(N)=NCCc2cccc(Cl)c2)cc1. The van der Waals surface area contributed by atoms with E-state index in [1.165, 1.54) is 0 Å². The number of halogens is 1. The Labute approximate surface area is 142 Å². The zero-order valence-corrected chi connectivity index (χ0v) is 14.2. The maximum atomic E-state index is 5.95. The number of benzene rings is 2. The van der Waals surface area contributed by atoms with Gasteiger partial charge in [-0.25, -0.2) is 0 Å². The summed E-state index contributed by atoms with van der Waals surface area (Å²) in [5, 5.41) is 3.80. The molecule has 2 aromatic rings. The van der Waals surface area contributed by atoms with Crippen molar-refractivity contribution in [1.29, 1.82) is 0 Å². The van der Waals surface area contributed by atoms with Gasteiger partial charge in [0.05, 0.1) is 6.10 Å². The number of hydrogen-bond acceptors (Lipinski definition) is 2. The first-order valence-corrected chi connectivity index (χ1v) is 7.99. The van der Waals surface area contributed by atoms with Gasteiger partial charge in [0.15, 0.2) is 5.96 Å². The van der Waals surface area contributed by atoms with Crippen LogP contribution in [-0.2, 0) is 6.42 Å². The third kappa shape index (κ3) is 6.20. The van der Waals surface area contributed by atoms with Gasteiger partial charge >= 0.3 is 0 Å². The molecule has 0 radical (unpaired) electrons. The van der Waals surface area contributed by atoms with Crippen molar-refractivity contribution < 1.29 is 4.74 Å². The molecular weight excluding hydrogens is 310 g/mol. The molecule has 0 atom stereocenters. The summed E-state index contributed by atoms with van der Waals surface area (Å²) < 4.78 is 5.60. The fraction of sp³-hybridized carbons (Fsp3) is 0.278. The highest BCUT2D eigenvalue weighted by Crippen LogP contribution is 2.16. The Kier molecular flexibility index (Phi) is 6.29. The molecule has 2 aromatic carbocycles. The molecule has 0 saturated heterocycles. The second-order valence-electron chi connectivity index (χ2n) is 5.46. The van der Waals surface area contributed by atoms with Gasteiger partial charge in [-0.05, 0) is 62.2 Å². The third-order valence-corrected chi connectivity index (χ3v) is 3.31. The first kappa shape index (κ1) is 17.2. The van der Waals surface area contributed by atoms with E-state index >= 15 is 0 Å². The van der Waals surface area contributed by atoms with Gasteiger partial charge in [-0.15, -0.1) is 0 Å². The lowest BCUT2D eigenvalue weighted by atomic mass is 10.1. The Bertz CT molecular complexity index is 654. The second-order valence-corrected chi connectivity index (χ2v) is 5.90. The van der Waals surface area contributed by atoms with Gasteiger partial charge in [0.25, 0.3) is 0 Å². The van der Waals surface area contributed by atoms with Crippen LogP contribution in [0.1, 0.15) is 19.4 Å². The predicted octanol–water partition coefficient (Wildman–Crippen LogP) is 4.10. The topological polar surface area (TPSA) is 59.6 Å². The van der Waals surface area contributed by atoms with Gasteiger partial charge in [0.2, 0.25) is 0 Å². The normalized spacial score (nSPS) is 11.6. The van der Waals surface area contributed by atoms with E-state index in [9.17, 15) is 0 Å². The molecule has 2 rings (SSSR count). The molecule has 0 aromatic heterocycles. The first-order valence-electron chi connectivity index (χ1n) is 7.61. The van der Waals surface area contributed by atoms with Crippen molar-refractivity contribution in [3.63, 3.8) is 0 Å². The number of nitrogens with zero attached hydrogens (tertiary/aromatic N) is 1. The molecule has 0 heterocycles. The molecule has 0 aliphatic heterocycles. The van der Waals surface area contributed by atoms with Gasteiger partial charge in [-0.1, -0.05) is 23.7 Å². The zero-order chi connectivity index (χ0) is 16.7. The van der Waals surface area contributed by atoms with Gasteiger partial charge in [0.1, 0.15) is 5.75 Å². The fourth-order valence-electron chi connectivity index (χ4n) is 2.07. The summed E-state index contributed by atoms with van der Waals surface area (Å²) in [6.07, 6.45) is 0.955. The number of ether oxygens (including phenoxy) is 1. The van der Waals surface area contributed by atoms with Gasteiger partial charge in [0, 0.05) is 17.3 Å². The van der Waals surface area contributed by atoms with E-state index in [1.54, 1.807) is 0 Å². The van der Waals surface area contributed by atoms with Crippen LogP contribution in [0.4, 0.5) is 5.69 Å². The number of nitrogens with two attached hydrogens (primary N) is 1. The first-order chi connectivity index (χ1) is 11.0. The van der Waals surface area contributed by atoms with E-state index in [0.29, 0.717) is 12.5 Å². The molecule has 0 bridgehead atoms. The fourth-order valence-corrected chi connectivity index (χ4v) is 2.29. The van der Waals surface area contributed by atoms with E-state index in [4.69, 9.17) is 22.1 Å². The molecule has 0 fully saturated rings. The van der Waals surface area contributed by atoms with Crippen LogP contribution in [0.5, 0.6) is 5.75 Å². The minimum Gasteiger partial charge on any atom is -0.491 e. The summed E-state index contributed by atoms with van der Waals surface area (Å²) in [5.74, 6) is 1.23.